The minimum absolute atomic E-state index is 0. The number of hydrogen-bond acceptors (Lipinski definition) is 1. The molecule has 6 heteroatoms. The molecule has 189 valence electrons. The quantitative estimate of drug-likeness (QED) is 0.358. The van der Waals surface area contributed by atoms with E-state index in [-0.39, 0.29) is 62.0 Å². The minimum Gasteiger partial charge on any atom is -1.00 e. The average Bonchev–Trinajstić information content (AvgIpc) is 3.01. The molecule has 0 saturated heterocycles. The van der Waals surface area contributed by atoms with E-state index in [4.69, 9.17) is 5.73 Å². The van der Waals surface area contributed by atoms with Gasteiger partial charge in [-0.1, -0.05) is 124 Å². The van der Waals surface area contributed by atoms with Gasteiger partial charge < -0.3 is 35.3 Å². The Bertz CT molecular complexity index is 835. The molecular weight excluding hydrogens is 525 g/mol. The maximum absolute atomic E-state index is 10.5. The molecule has 1 aliphatic carbocycles. The van der Waals surface area contributed by atoms with Crippen LogP contribution < -0.4 is 35.2 Å². The summed E-state index contributed by atoms with van der Waals surface area (Å²) in [6.07, 6.45) is 7.27. The van der Waals surface area contributed by atoms with Crippen LogP contribution in [0.4, 0.5) is 0 Å². The van der Waals surface area contributed by atoms with Crippen LogP contribution in [0.25, 0.3) is 5.73 Å². The van der Waals surface area contributed by atoms with Gasteiger partial charge in [-0.15, -0.1) is 6.92 Å². The van der Waals surface area contributed by atoms with Gasteiger partial charge in [0.2, 0.25) is 0 Å². The van der Waals surface area contributed by atoms with Gasteiger partial charge in [0.05, 0.1) is 5.91 Å². The Labute approximate surface area is 244 Å². The van der Waals surface area contributed by atoms with Crippen molar-refractivity contribution in [1.82, 2.24) is 0 Å². The van der Waals surface area contributed by atoms with Crippen LogP contribution in [0.3, 0.4) is 0 Å². The zero-order chi connectivity index (χ0) is 23.9. The van der Waals surface area contributed by atoms with Crippen molar-refractivity contribution >= 4 is 25.8 Å². The second kappa shape index (κ2) is 22.1. The Balaban J connectivity index is -0.000000430. The number of hydrogen-bond donors (Lipinski definition) is 0. The molecule has 35 heavy (non-hydrogen) atoms. The largest absolute Gasteiger partial charge is 4.00 e. The molecule has 2 nitrogen and oxygen atoms in total. The van der Waals surface area contributed by atoms with Crippen LogP contribution >= 0.6 is 0 Å². The third-order valence-electron chi connectivity index (χ3n) is 5.94. The van der Waals surface area contributed by atoms with Gasteiger partial charge in [0.25, 0.3) is 0 Å². The van der Waals surface area contributed by atoms with Gasteiger partial charge >= 0.3 is 21.7 Å². The minimum atomic E-state index is -0.393. The van der Waals surface area contributed by atoms with Crippen LogP contribution in [0.2, 0.25) is 0 Å². The van der Waals surface area contributed by atoms with Crippen molar-refractivity contribution in [2.24, 2.45) is 11.8 Å². The summed E-state index contributed by atoms with van der Waals surface area (Å²) in [6.45, 7) is 12.7. The number of carbonyl (C=O) groups excluding carboxylic acids is 1. The molecule has 1 aliphatic rings. The Morgan fingerprint density at radius 3 is 1.66 bits per heavy atom. The topological polar surface area (TPSA) is 40.9 Å². The van der Waals surface area contributed by atoms with Crippen LogP contribution in [0.1, 0.15) is 67.2 Å². The number of amides is 1. The second-order valence-electron chi connectivity index (χ2n) is 8.38. The maximum Gasteiger partial charge on any atom is 4.00 e. The van der Waals surface area contributed by atoms with Crippen molar-refractivity contribution in [3.05, 3.63) is 89.2 Å². The molecule has 1 radical (unpaired) electrons. The summed E-state index contributed by atoms with van der Waals surface area (Å²) in [4.78, 5) is 10.5. The molecule has 0 bridgehead atoms. The molecule has 2 aromatic rings. The first-order chi connectivity index (χ1) is 15.3. The second-order valence-corrected chi connectivity index (χ2v) is 10.00. The molecule has 0 heterocycles. The van der Waals surface area contributed by atoms with Crippen molar-refractivity contribution in [1.29, 1.82) is 0 Å². The van der Waals surface area contributed by atoms with Crippen LogP contribution in [0, 0.1) is 17.9 Å². The first-order valence-corrected chi connectivity index (χ1v) is 12.9. The molecule has 2 aromatic carbocycles. The monoisotopic (exact) mass is 564 g/mol. The van der Waals surface area contributed by atoms with Gasteiger partial charge in [0, 0.05) is 0 Å². The number of benzene rings is 2. The van der Waals surface area contributed by atoms with Crippen LogP contribution in [-0.2, 0) is 26.5 Å². The van der Waals surface area contributed by atoms with E-state index in [2.05, 4.69) is 101 Å². The first-order valence-electron chi connectivity index (χ1n) is 11.8. The fourth-order valence-corrected chi connectivity index (χ4v) is 4.64. The summed E-state index contributed by atoms with van der Waals surface area (Å²) in [5, 5.41) is 2.90. The molecule has 0 aliphatic heterocycles. The summed E-state index contributed by atoms with van der Waals surface area (Å²) in [6, 6.07) is 21.3. The molecule has 3 rings (SSSR count). The predicted molar refractivity (Wildman–Crippen MR) is 142 cm³/mol. The van der Waals surface area contributed by atoms with Crippen molar-refractivity contribution < 1.29 is 51.3 Å². The van der Waals surface area contributed by atoms with E-state index in [0.29, 0.717) is 5.92 Å². The Hall–Kier alpha value is -1.10. The molecule has 0 saturated carbocycles. The number of halogens is 2. The van der Waals surface area contributed by atoms with E-state index in [1.165, 1.54) is 27.1 Å². The Morgan fingerprint density at radius 1 is 0.943 bits per heavy atom. The Morgan fingerprint density at radius 2 is 1.40 bits per heavy atom. The SMILES string of the molecule is CC1=[C-]C(C)C(C)=C1C.CCCCC(CC)C([NH-])=O.[Cl-].[Cl-].[Ti+4].c1ccc([SiH]c2ccccc2)cc1. The first kappa shape index (κ1) is 38.4. The molecule has 0 spiro atoms. The van der Waals surface area contributed by atoms with Gasteiger partial charge in [-0.2, -0.15) is 11.1 Å². The molecule has 0 fully saturated rings. The van der Waals surface area contributed by atoms with Gasteiger partial charge in [-0.25, -0.2) is 5.57 Å². The van der Waals surface area contributed by atoms with Gasteiger partial charge in [0.1, 0.15) is 9.52 Å². The van der Waals surface area contributed by atoms with E-state index in [1.807, 2.05) is 6.92 Å². The molecular formula is C29H40Cl2NOSiTi. The predicted octanol–water partition coefficient (Wildman–Crippen LogP) is 0.583. The van der Waals surface area contributed by atoms with Crippen molar-refractivity contribution in [2.75, 3.05) is 0 Å². The summed E-state index contributed by atoms with van der Waals surface area (Å²) < 4.78 is 0. The molecule has 0 aromatic heterocycles. The van der Waals surface area contributed by atoms with Gasteiger partial charge in [-0.05, 0) is 18.8 Å². The van der Waals surface area contributed by atoms with Crippen molar-refractivity contribution in [3.63, 3.8) is 0 Å². The van der Waals surface area contributed by atoms with E-state index >= 15 is 0 Å². The number of allylic oxidation sites excluding steroid dienone is 4. The van der Waals surface area contributed by atoms with Crippen molar-refractivity contribution in [3.8, 4) is 0 Å². The summed E-state index contributed by atoms with van der Waals surface area (Å²) in [7, 11) is 0.271. The van der Waals surface area contributed by atoms with E-state index in [1.54, 1.807) is 0 Å². The molecule has 2 unspecified atom stereocenters. The number of carbonyl (C=O) groups is 1. The smallest absolute Gasteiger partial charge is 1.00 e. The number of unbranched alkanes of at least 4 members (excludes halogenated alkanes) is 1. The third-order valence-corrected chi connectivity index (χ3v) is 7.38. The van der Waals surface area contributed by atoms with E-state index < -0.39 is 5.91 Å². The fraction of sp³-hybridized carbons (Fsp3) is 0.414. The zero-order valence-corrected chi connectivity index (χ0v) is 26.2. The maximum atomic E-state index is 10.5. The standard InChI is InChI=1S/C12H11Si.C9H13.C8H17NO.2ClH.Ti/c1-3-7-11(8-4-1)13-12-9-5-2-6-10-12;1-6-5-7(2)9(4)8(6)3;1-3-5-6-7(4-2)8(9)10;;;/h1-10,13H;6H,1-4H3;7H,3-6H2,1-2H3,(H2,9,10);2*1H;/q;-1;;;;+4/p-3. The fourth-order valence-electron chi connectivity index (χ4n) is 3.42. The third kappa shape index (κ3) is 15.6. The molecule has 2 atom stereocenters. The number of rotatable bonds is 7. The normalized spacial score (nSPS) is 14.3. The zero-order valence-electron chi connectivity index (χ0n) is 22.0. The van der Waals surface area contributed by atoms with Gasteiger partial charge in [-0.3, -0.25) is 6.08 Å². The van der Waals surface area contributed by atoms with Crippen molar-refractivity contribution in [2.45, 2.75) is 67.2 Å². The summed E-state index contributed by atoms with van der Waals surface area (Å²) in [5.41, 5.74) is 11.1. The summed E-state index contributed by atoms with van der Waals surface area (Å²) in [5.74, 6) is 0.167. The number of nitrogens with one attached hydrogen (secondary N) is 1. The van der Waals surface area contributed by atoms with Gasteiger partial charge in [0.15, 0.2) is 0 Å². The van der Waals surface area contributed by atoms with Crippen LogP contribution in [-0.4, -0.2) is 15.4 Å². The van der Waals surface area contributed by atoms with Crippen LogP contribution in [0.5, 0.6) is 0 Å². The molecule has 1 amide bonds. The Kier molecular flexibility index (Phi) is 24.3. The molecule has 1 N–H and O–H groups in total. The van der Waals surface area contributed by atoms with E-state index in [9.17, 15) is 4.79 Å². The average molecular weight is 566 g/mol. The van der Waals surface area contributed by atoms with E-state index in [0.717, 1.165) is 25.7 Å². The summed E-state index contributed by atoms with van der Waals surface area (Å²) >= 11 is 0. The van der Waals surface area contributed by atoms with Crippen LogP contribution in [0.15, 0.2) is 77.4 Å².